The number of urea groups is 1. The van der Waals surface area contributed by atoms with Crippen molar-refractivity contribution < 1.29 is 34.0 Å². The number of carbonyl (C=O) groups excluding carboxylic acids is 2. The van der Waals surface area contributed by atoms with Gasteiger partial charge in [-0.2, -0.15) is 0 Å². The van der Waals surface area contributed by atoms with E-state index < -0.39 is 48.4 Å². The summed E-state index contributed by atoms with van der Waals surface area (Å²) in [5.74, 6) is -3.92. The van der Waals surface area contributed by atoms with E-state index in [1.807, 2.05) is 0 Å². The van der Waals surface area contributed by atoms with Gasteiger partial charge in [0, 0.05) is 11.8 Å². The summed E-state index contributed by atoms with van der Waals surface area (Å²) in [5, 5.41) is 30.8. The Bertz CT molecular complexity index is 743. The molecule has 0 aliphatic carbocycles. The fourth-order valence-corrected chi connectivity index (χ4v) is 2.84. The van der Waals surface area contributed by atoms with Crippen LogP contribution in [0.5, 0.6) is 0 Å². The van der Waals surface area contributed by atoms with Crippen LogP contribution in [0.3, 0.4) is 0 Å². The zero-order valence-electron chi connectivity index (χ0n) is 13.4. The lowest BCUT2D eigenvalue weighted by Crippen LogP contribution is -2.67. The lowest BCUT2D eigenvalue weighted by Gasteiger charge is -2.37. The molecule has 2 heterocycles. The number of ether oxygens (including phenoxy) is 1. The van der Waals surface area contributed by atoms with E-state index >= 15 is 0 Å². The van der Waals surface area contributed by atoms with Crippen molar-refractivity contribution >= 4 is 11.8 Å². The highest BCUT2D eigenvalue weighted by molar-refractivity contribution is 6.06. The van der Waals surface area contributed by atoms with Crippen LogP contribution in [0.25, 0.3) is 0 Å². The number of alkyl halides is 1. The first-order chi connectivity index (χ1) is 12.2. The molecule has 0 bridgehead atoms. The molecule has 1 unspecified atom stereocenters. The van der Waals surface area contributed by atoms with Gasteiger partial charge in [0.1, 0.15) is 12.2 Å². The number of carbonyl (C=O) groups is 2. The average Bonchev–Trinajstić information content (AvgIpc) is 2.85. The number of amides is 2. The minimum atomic E-state index is -3.33. The molecule has 6 N–H and O–H groups in total. The topological polar surface area (TPSA) is 145 Å². The number of hydrogen-bond donors (Lipinski definition) is 5. The summed E-state index contributed by atoms with van der Waals surface area (Å²) in [4.78, 5) is 25.5. The zero-order chi connectivity index (χ0) is 19.1. The summed E-state index contributed by atoms with van der Waals surface area (Å²) >= 11 is 0. The number of benzene rings is 1. The molecule has 1 saturated heterocycles. The molecule has 2 aliphatic rings. The molecule has 9 nitrogen and oxygen atoms in total. The average molecular weight is 367 g/mol. The van der Waals surface area contributed by atoms with E-state index in [9.17, 15) is 24.2 Å². The van der Waals surface area contributed by atoms with Crippen molar-refractivity contribution in [3.8, 4) is 0 Å². The van der Waals surface area contributed by atoms with Crippen LogP contribution in [0.15, 0.2) is 42.6 Å². The fraction of sp³-hybridized carbons (Fsp3) is 0.375. The minimum Gasteiger partial charge on any atom is -0.394 e. The third-order valence-corrected chi connectivity index (χ3v) is 4.31. The maximum atomic E-state index is 14.4. The summed E-state index contributed by atoms with van der Waals surface area (Å²) in [6.07, 6.45) is -3.31. The summed E-state index contributed by atoms with van der Waals surface area (Å²) in [6.45, 7) is -0.767. The van der Waals surface area contributed by atoms with Gasteiger partial charge in [0.05, 0.1) is 6.61 Å². The van der Waals surface area contributed by atoms with E-state index in [0.717, 1.165) is 12.3 Å². The minimum absolute atomic E-state index is 0.253. The number of nitrogens with one attached hydrogen (secondary N) is 1. The molecule has 0 aromatic heterocycles. The van der Waals surface area contributed by atoms with Gasteiger partial charge in [0.2, 0.25) is 5.78 Å². The molecule has 0 saturated carbocycles. The van der Waals surface area contributed by atoms with E-state index in [1.54, 1.807) is 18.2 Å². The Morgan fingerprint density at radius 3 is 2.58 bits per heavy atom. The Balaban J connectivity index is 1.85. The molecule has 3 rings (SSSR count). The van der Waals surface area contributed by atoms with Crippen LogP contribution in [0.4, 0.5) is 9.18 Å². The van der Waals surface area contributed by atoms with Gasteiger partial charge in [-0.15, -0.1) is 0 Å². The Morgan fingerprint density at radius 1 is 1.38 bits per heavy atom. The monoisotopic (exact) mass is 367 g/mol. The maximum absolute atomic E-state index is 14.4. The van der Waals surface area contributed by atoms with E-state index in [4.69, 9.17) is 15.6 Å². The number of ketones is 1. The van der Waals surface area contributed by atoms with E-state index in [0.29, 0.717) is 4.90 Å². The molecular formula is C16H18FN3O6. The van der Waals surface area contributed by atoms with Gasteiger partial charge in [-0.25, -0.2) is 9.18 Å². The van der Waals surface area contributed by atoms with Gasteiger partial charge >= 0.3 is 6.03 Å². The van der Waals surface area contributed by atoms with E-state index in [2.05, 4.69) is 5.32 Å². The van der Waals surface area contributed by atoms with Crippen molar-refractivity contribution in [2.75, 3.05) is 6.61 Å². The summed E-state index contributed by atoms with van der Waals surface area (Å²) in [6, 6.07) is 6.98. The molecule has 26 heavy (non-hydrogen) atoms. The van der Waals surface area contributed by atoms with Gasteiger partial charge in [0.15, 0.2) is 11.9 Å². The number of nitrogens with zero attached hydrogens (tertiary/aromatic N) is 1. The lowest BCUT2D eigenvalue weighted by atomic mass is 9.97. The molecule has 1 fully saturated rings. The second-order valence-electron chi connectivity index (χ2n) is 6.10. The number of rotatable bonds is 4. The smallest absolute Gasteiger partial charge is 0.325 e. The SMILES string of the molecule is NC1(C(=O)c2ccccc2)C=CN([C@@H]2O[C@H](CO)[C@@H](O)[C@]2(O)F)C(=O)N1. The van der Waals surface area contributed by atoms with Crippen LogP contribution in [-0.4, -0.2) is 68.6 Å². The highest BCUT2D eigenvalue weighted by Gasteiger charge is 2.60. The molecule has 0 radical (unpaired) electrons. The largest absolute Gasteiger partial charge is 0.394 e. The van der Waals surface area contributed by atoms with Gasteiger partial charge in [0.25, 0.3) is 5.85 Å². The third kappa shape index (κ3) is 2.87. The summed E-state index contributed by atoms with van der Waals surface area (Å²) in [7, 11) is 0. The summed E-state index contributed by atoms with van der Waals surface area (Å²) < 4.78 is 19.4. The second kappa shape index (κ2) is 6.41. The van der Waals surface area contributed by atoms with Gasteiger partial charge in [-0.3, -0.25) is 15.4 Å². The standard InChI is InChI=1S/C16H18FN3O6/c17-16(25)12(23)10(8-21)26-13(16)20-7-6-15(18,19-14(20)24)11(22)9-4-2-1-3-5-9/h1-7,10,12-13,21,23,25H,8,18H2,(H,19,24)/t10-,12-,13-,15?,16-/m1/s1. The second-order valence-corrected chi connectivity index (χ2v) is 6.10. The number of nitrogens with two attached hydrogens (primary N) is 1. The summed E-state index contributed by atoms with van der Waals surface area (Å²) in [5.41, 5.74) is 4.33. The number of halogens is 1. The Hall–Kier alpha value is -2.37. The van der Waals surface area contributed by atoms with Crippen LogP contribution in [0.1, 0.15) is 10.4 Å². The molecule has 140 valence electrons. The molecule has 5 atom stereocenters. The van der Waals surface area contributed by atoms with Crippen LogP contribution in [0, 0.1) is 0 Å². The predicted molar refractivity (Wildman–Crippen MR) is 85.0 cm³/mol. The van der Waals surface area contributed by atoms with Crippen molar-refractivity contribution in [3.05, 3.63) is 48.2 Å². The number of hydrogen-bond acceptors (Lipinski definition) is 7. The van der Waals surface area contributed by atoms with Crippen molar-refractivity contribution in [3.63, 3.8) is 0 Å². The van der Waals surface area contributed by atoms with Crippen LogP contribution >= 0.6 is 0 Å². The van der Waals surface area contributed by atoms with E-state index in [1.165, 1.54) is 12.1 Å². The highest BCUT2D eigenvalue weighted by atomic mass is 19.2. The number of aliphatic hydroxyl groups excluding tert-OH is 2. The normalized spacial score (nSPS) is 36.9. The molecule has 1 aromatic carbocycles. The van der Waals surface area contributed by atoms with Gasteiger partial charge < -0.3 is 25.4 Å². The first-order valence-corrected chi connectivity index (χ1v) is 7.75. The van der Waals surface area contributed by atoms with Crippen molar-refractivity contribution in [2.24, 2.45) is 5.73 Å². The molecule has 1 aromatic rings. The molecule has 2 amide bonds. The molecule has 0 spiro atoms. The van der Waals surface area contributed by atoms with Gasteiger partial charge in [-0.1, -0.05) is 30.3 Å². The fourth-order valence-electron chi connectivity index (χ4n) is 2.84. The molecule has 2 aliphatic heterocycles. The zero-order valence-corrected chi connectivity index (χ0v) is 13.4. The van der Waals surface area contributed by atoms with E-state index in [-0.39, 0.29) is 5.56 Å². The maximum Gasteiger partial charge on any atom is 0.325 e. The van der Waals surface area contributed by atoms with Crippen molar-refractivity contribution in [1.82, 2.24) is 10.2 Å². The Morgan fingerprint density at radius 2 is 2.04 bits per heavy atom. The Kier molecular flexibility index (Phi) is 4.54. The van der Waals surface area contributed by atoms with Crippen LogP contribution < -0.4 is 11.1 Å². The quantitative estimate of drug-likeness (QED) is 0.420. The van der Waals surface area contributed by atoms with Crippen LogP contribution in [0.2, 0.25) is 0 Å². The number of aliphatic hydroxyl groups is 3. The third-order valence-electron chi connectivity index (χ3n) is 4.31. The first kappa shape index (κ1) is 18.4. The lowest BCUT2D eigenvalue weighted by molar-refractivity contribution is -0.198. The number of Topliss-reactive ketones (excluding diaryl/α,β-unsaturated/α-hetero) is 1. The Labute approximate surface area is 147 Å². The van der Waals surface area contributed by atoms with Crippen LogP contribution in [-0.2, 0) is 4.74 Å². The highest BCUT2D eigenvalue weighted by Crippen LogP contribution is 2.35. The van der Waals surface area contributed by atoms with Crippen molar-refractivity contribution in [2.45, 2.75) is 30.0 Å². The molecule has 10 heteroatoms. The molecular weight excluding hydrogens is 349 g/mol. The van der Waals surface area contributed by atoms with Crippen molar-refractivity contribution in [1.29, 1.82) is 0 Å². The van der Waals surface area contributed by atoms with Gasteiger partial charge in [-0.05, 0) is 6.08 Å². The first-order valence-electron chi connectivity index (χ1n) is 7.75. The predicted octanol–water partition coefficient (Wildman–Crippen LogP) is -1.20.